The topological polar surface area (TPSA) is 39.7 Å². The third-order valence-electron chi connectivity index (χ3n) is 6.77. The SMILES string of the molecule is O=C(c1ccc(-c2ccc(N3CCN(CC4CC4)CC3)nc2)cc1)N1CCCCC1. The molecule has 1 aromatic heterocycles. The maximum Gasteiger partial charge on any atom is 0.253 e. The van der Waals surface area contributed by atoms with E-state index in [0.717, 1.165) is 80.5 Å². The second kappa shape index (κ2) is 8.76. The predicted molar refractivity (Wildman–Crippen MR) is 121 cm³/mol. The molecule has 5 heteroatoms. The van der Waals surface area contributed by atoms with Crippen LogP contribution < -0.4 is 4.90 Å². The highest BCUT2D eigenvalue weighted by Gasteiger charge is 2.26. The van der Waals surface area contributed by atoms with Crippen LogP contribution in [0.2, 0.25) is 0 Å². The summed E-state index contributed by atoms with van der Waals surface area (Å²) in [7, 11) is 0. The average molecular weight is 405 g/mol. The molecule has 0 atom stereocenters. The number of amides is 1. The molecule has 30 heavy (non-hydrogen) atoms. The van der Waals surface area contributed by atoms with Crippen LogP contribution in [0.3, 0.4) is 0 Å². The highest BCUT2D eigenvalue weighted by Crippen LogP contribution is 2.30. The molecule has 0 spiro atoms. The van der Waals surface area contributed by atoms with Crippen LogP contribution in [0.5, 0.6) is 0 Å². The van der Waals surface area contributed by atoms with Crippen LogP contribution in [0.25, 0.3) is 11.1 Å². The van der Waals surface area contributed by atoms with Gasteiger partial charge in [-0.15, -0.1) is 0 Å². The molecule has 2 aliphatic heterocycles. The predicted octanol–water partition coefficient (Wildman–Crippen LogP) is 3.91. The van der Waals surface area contributed by atoms with Crippen molar-refractivity contribution in [2.24, 2.45) is 5.92 Å². The molecule has 3 aliphatic rings. The van der Waals surface area contributed by atoms with E-state index in [-0.39, 0.29) is 5.91 Å². The maximum atomic E-state index is 12.7. The number of anilines is 1. The number of benzene rings is 1. The van der Waals surface area contributed by atoms with Crippen LogP contribution in [0, 0.1) is 5.92 Å². The Bertz CT molecular complexity index is 846. The van der Waals surface area contributed by atoms with Gasteiger partial charge in [0.25, 0.3) is 5.91 Å². The summed E-state index contributed by atoms with van der Waals surface area (Å²) >= 11 is 0. The molecule has 0 bridgehead atoms. The van der Waals surface area contributed by atoms with Gasteiger partial charge in [0.2, 0.25) is 0 Å². The van der Waals surface area contributed by atoms with E-state index in [4.69, 9.17) is 4.98 Å². The number of likely N-dealkylation sites (tertiary alicyclic amines) is 1. The van der Waals surface area contributed by atoms with Crippen LogP contribution in [0.15, 0.2) is 42.6 Å². The van der Waals surface area contributed by atoms with Crippen molar-refractivity contribution in [3.8, 4) is 11.1 Å². The number of nitrogens with zero attached hydrogens (tertiary/aromatic N) is 4. The Kier molecular flexibility index (Phi) is 5.71. The van der Waals surface area contributed by atoms with Gasteiger partial charge in [-0.2, -0.15) is 0 Å². The van der Waals surface area contributed by atoms with Gasteiger partial charge in [-0.1, -0.05) is 12.1 Å². The molecular weight excluding hydrogens is 372 g/mol. The first-order chi connectivity index (χ1) is 14.8. The van der Waals surface area contributed by atoms with Crippen molar-refractivity contribution in [1.82, 2.24) is 14.8 Å². The van der Waals surface area contributed by atoms with Crippen molar-refractivity contribution < 1.29 is 4.79 Å². The molecule has 1 amide bonds. The van der Waals surface area contributed by atoms with Crippen molar-refractivity contribution in [3.63, 3.8) is 0 Å². The van der Waals surface area contributed by atoms with E-state index in [1.54, 1.807) is 0 Å². The maximum absolute atomic E-state index is 12.7. The van der Waals surface area contributed by atoms with E-state index < -0.39 is 0 Å². The summed E-state index contributed by atoms with van der Waals surface area (Å²) in [4.78, 5) is 24.4. The number of piperidine rings is 1. The number of hydrogen-bond donors (Lipinski definition) is 0. The first-order valence-electron chi connectivity index (χ1n) is 11.6. The Morgan fingerprint density at radius 1 is 0.833 bits per heavy atom. The van der Waals surface area contributed by atoms with Gasteiger partial charge in [0.1, 0.15) is 5.82 Å². The first-order valence-corrected chi connectivity index (χ1v) is 11.6. The number of hydrogen-bond acceptors (Lipinski definition) is 4. The molecule has 3 fully saturated rings. The highest BCUT2D eigenvalue weighted by molar-refractivity contribution is 5.94. The monoisotopic (exact) mass is 404 g/mol. The second-order valence-electron chi connectivity index (χ2n) is 9.07. The van der Waals surface area contributed by atoms with Crippen molar-refractivity contribution >= 4 is 11.7 Å². The standard InChI is InChI=1S/C25H32N4O/c30-25(29-12-2-1-3-13-29)22-8-6-21(7-9-22)23-10-11-24(26-18-23)28-16-14-27(15-17-28)19-20-4-5-20/h6-11,18,20H,1-5,12-17,19H2. The summed E-state index contributed by atoms with van der Waals surface area (Å²) in [5, 5.41) is 0. The third-order valence-corrected chi connectivity index (χ3v) is 6.77. The lowest BCUT2D eigenvalue weighted by Crippen LogP contribution is -2.47. The molecule has 5 rings (SSSR count). The fourth-order valence-electron chi connectivity index (χ4n) is 4.65. The molecule has 1 aromatic carbocycles. The van der Waals surface area contributed by atoms with Crippen molar-refractivity contribution in [1.29, 1.82) is 0 Å². The average Bonchev–Trinajstić information content (AvgIpc) is 3.64. The summed E-state index contributed by atoms with van der Waals surface area (Å²) < 4.78 is 0. The van der Waals surface area contributed by atoms with Crippen LogP contribution in [-0.2, 0) is 0 Å². The van der Waals surface area contributed by atoms with Crippen LogP contribution >= 0.6 is 0 Å². The Balaban J connectivity index is 1.19. The van der Waals surface area contributed by atoms with Crippen LogP contribution in [0.1, 0.15) is 42.5 Å². The Hall–Kier alpha value is -2.40. The van der Waals surface area contributed by atoms with E-state index in [9.17, 15) is 4.79 Å². The fraction of sp³-hybridized carbons (Fsp3) is 0.520. The minimum atomic E-state index is 0.163. The van der Waals surface area contributed by atoms with E-state index >= 15 is 0 Å². The van der Waals surface area contributed by atoms with Gasteiger partial charge in [0.15, 0.2) is 0 Å². The van der Waals surface area contributed by atoms with E-state index in [2.05, 4.69) is 21.9 Å². The number of aromatic nitrogens is 1. The summed E-state index contributed by atoms with van der Waals surface area (Å²) in [6.07, 6.45) is 8.30. The largest absolute Gasteiger partial charge is 0.354 e. The van der Waals surface area contributed by atoms with Crippen molar-refractivity contribution in [2.45, 2.75) is 32.1 Å². The Morgan fingerprint density at radius 2 is 1.53 bits per heavy atom. The smallest absolute Gasteiger partial charge is 0.253 e. The highest BCUT2D eigenvalue weighted by atomic mass is 16.2. The number of carbonyl (C=O) groups excluding carboxylic acids is 1. The molecule has 1 saturated carbocycles. The van der Waals surface area contributed by atoms with Gasteiger partial charge in [-0.3, -0.25) is 9.69 Å². The van der Waals surface area contributed by atoms with Gasteiger partial charge >= 0.3 is 0 Å². The third kappa shape index (κ3) is 4.51. The molecule has 0 radical (unpaired) electrons. The molecule has 5 nitrogen and oxygen atoms in total. The molecule has 1 aliphatic carbocycles. The van der Waals surface area contributed by atoms with Gasteiger partial charge < -0.3 is 9.80 Å². The number of piperazine rings is 1. The molecule has 0 N–H and O–H groups in total. The van der Waals surface area contributed by atoms with Crippen LogP contribution in [-0.4, -0.2) is 66.5 Å². The second-order valence-corrected chi connectivity index (χ2v) is 9.07. The number of carbonyl (C=O) groups is 1. The summed E-state index contributed by atoms with van der Waals surface area (Å²) in [6, 6.07) is 12.3. The molecular formula is C25H32N4O. The molecule has 158 valence electrons. The Labute approximate surface area is 179 Å². The fourth-order valence-corrected chi connectivity index (χ4v) is 4.65. The van der Waals surface area contributed by atoms with Gasteiger partial charge in [0.05, 0.1) is 0 Å². The van der Waals surface area contributed by atoms with E-state index in [0.29, 0.717) is 0 Å². The van der Waals surface area contributed by atoms with Gasteiger partial charge in [-0.25, -0.2) is 4.98 Å². The van der Waals surface area contributed by atoms with E-state index in [1.165, 1.54) is 25.8 Å². The minimum Gasteiger partial charge on any atom is -0.354 e. The lowest BCUT2D eigenvalue weighted by molar-refractivity contribution is 0.0724. The zero-order valence-corrected chi connectivity index (χ0v) is 17.8. The van der Waals surface area contributed by atoms with Crippen molar-refractivity contribution in [3.05, 3.63) is 48.2 Å². The molecule has 0 unspecified atom stereocenters. The summed E-state index contributed by atoms with van der Waals surface area (Å²) in [5.41, 5.74) is 3.00. The summed E-state index contributed by atoms with van der Waals surface area (Å²) in [6.45, 7) is 7.48. The summed E-state index contributed by atoms with van der Waals surface area (Å²) in [5.74, 6) is 2.20. The quantitative estimate of drug-likeness (QED) is 0.758. The Morgan fingerprint density at radius 3 is 2.17 bits per heavy atom. The zero-order valence-electron chi connectivity index (χ0n) is 17.8. The lowest BCUT2D eigenvalue weighted by atomic mass is 10.0. The van der Waals surface area contributed by atoms with Crippen LogP contribution in [0.4, 0.5) is 5.82 Å². The first kappa shape index (κ1) is 19.6. The molecule has 3 heterocycles. The van der Waals surface area contributed by atoms with Crippen molar-refractivity contribution in [2.75, 3.05) is 50.7 Å². The number of pyridine rings is 1. The molecule has 2 saturated heterocycles. The molecule has 2 aromatic rings. The van der Waals surface area contributed by atoms with Gasteiger partial charge in [-0.05, 0) is 67.9 Å². The lowest BCUT2D eigenvalue weighted by Gasteiger charge is -2.35. The normalized spacial score (nSPS) is 20.4. The van der Waals surface area contributed by atoms with Gasteiger partial charge in [0, 0.05) is 63.1 Å². The minimum absolute atomic E-state index is 0.163. The zero-order chi connectivity index (χ0) is 20.3. The van der Waals surface area contributed by atoms with E-state index in [1.807, 2.05) is 35.4 Å². The number of rotatable bonds is 5.